The highest BCUT2D eigenvalue weighted by Gasteiger charge is 2.10. The predicted molar refractivity (Wildman–Crippen MR) is 36.9 cm³/mol. The van der Waals surface area contributed by atoms with Crippen LogP contribution in [0.2, 0.25) is 0 Å². The summed E-state index contributed by atoms with van der Waals surface area (Å²) >= 11 is 0. The van der Waals surface area contributed by atoms with Gasteiger partial charge >= 0.3 is 6.61 Å². The van der Waals surface area contributed by atoms with Gasteiger partial charge in [0.05, 0.1) is 0 Å². The molecule has 0 bridgehead atoms. The molecule has 0 aliphatic carbocycles. The molecule has 0 saturated heterocycles. The molecule has 0 aliphatic heterocycles. The number of halogens is 4. The Morgan fingerprint density at radius 1 is 1.15 bits per heavy atom. The summed E-state index contributed by atoms with van der Waals surface area (Å²) in [5.74, 6) is -0.382. The number of ether oxygens (including phenoxy) is 1. The summed E-state index contributed by atoms with van der Waals surface area (Å²) < 4.78 is 51.2. The number of hydrogen-bond donors (Lipinski definition) is 0. The van der Waals surface area contributed by atoms with E-state index in [1.807, 2.05) is 6.07 Å². The van der Waals surface area contributed by atoms with E-state index in [9.17, 15) is 17.6 Å². The Morgan fingerprint density at radius 3 is 2.38 bits per heavy atom. The smallest absolute Gasteiger partial charge is 0.387 e. The molecule has 1 aromatic rings. The van der Waals surface area contributed by atoms with Crippen LogP contribution in [0.25, 0.3) is 0 Å². The third kappa shape index (κ3) is 2.93. The van der Waals surface area contributed by atoms with Crippen molar-refractivity contribution >= 4 is 0 Å². The molecule has 13 heavy (non-hydrogen) atoms. The molecule has 5 heteroatoms. The Kier molecular flexibility index (Phi) is 3.11. The van der Waals surface area contributed by atoms with Gasteiger partial charge in [-0.05, 0) is 6.07 Å². The molecule has 0 unspecified atom stereocenters. The highest BCUT2D eigenvalue weighted by Crippen LogP contribution is 2.22. The van der Waals surface area contributed by atoms with E-state index in [1.54, 1.807) is 0 Å². The van der Waals surface area contributed by atoms with E-state index in [0.29, 0.717) is 0 Å². The van der Waals surface area contributed by atoms with Crippen LogP contribution in [0.1, 0.15) is 12.0 Å². The van der Waals surface area contributed by atoms with E-state index in [2.05, 4.69) is 4.74 Å². The fourth-order valence-electron chi connectivity index (χ4n) is 0.757. The zero-order valence-electron chi connectivity index (χ0n) is 6.31. The Balaban J connectivity index is 2.79. The van der Waals surface area contributed by atoms with E-state index in [1.165, 1.54) is 6.07 Å². The van der Waals surface area contributed by atoms with Gasteiger partial charge in [-0.2, -0.15) is 8.78 Å². The van der Waals surface area contributed by atoms with Gasteiger partial charge in [-0.3, -0.25) is 0 Å². The van der Waals surface area contributed by atoms with Gasteiger partial charge in [-0.1, -0.05) is 12.1 Å². The predicted octanol–water partition coefficient (Wildman–Crippen LogP) is 3.03. The molecule has 0 atom stereocenters. The summed E-state index contributed by atoms with van der Waals surface area (Å²) in [5, 5.41) is 0. The lowest BCUT2D eigenvalue weighted by Crippen LogP contribution is -2.02. The minimum absolute atomic E-state index is 0.382. The lowest BCUT2D eigenvalue weighted by molar-refractivity contribution is -0.0502. The Labute approximate surface area is 71.9 Å². The largest absolute Gasteiger partial charge is 0.434 e. The van der Waals surface area contributed by atoms with Crippen molar-refractivity contribution < 1.29 is 22.3 Å². The molecule has 0 heterocycles. The van der Waals surface area contributed by atoms with Crippen LogP contribution in [0.4, 0.5) is 17.6 Å². The first kappa shape index (κ1) is 9.83. The van der Waals surface area contributed by atoms with E-state index in [4.69, 9.17) is 0 Å². The van der Waals surface area contributed by atoms with Crippen molar-refractivity contribution in [2.24, 2.45) is 0 Å². The second kappa shape index (κ2) is 4.11. The molecule has 0 fully saturated rings. The molecule has 0 amide bonds. The van der Waals surface area contributed by atoms with Gasteiger partial charge in [0, 0.05) is 11.6 Å². The Hall–Kier alpha value is -1.26. The van der Waals surface area contributed by atoms with Crippen LogP contribution >= 0.6 is 0 Å². The number of rotatable bonds is 3. The second-order valence-corrected chi connectivity index (χ2v) is 2.15. The highest BCUT2D eigenvalue weighted by atomic mass is 19.3. The van der Waals surface area contributed by atoms with Crippen molar-refractivity contribution in [2.45, 2.75) is 13.0 Å². The maximum Gasteiger partial charge on any atom is 0.387 e. The van der Waals surface area contributed by atoms with Crippen LogP contribution in [-0.2, 0) is 0 Å². The topological polar surface area (TPSA) is 9.23 Å². The molecule has 1 aromatic carbocycles. The van der Waals surface area contributed by atoms with Crippen LogP contribution in [-0.4, -0.2) is 6.61 Å². The first-order chi connectivity index (χ1) is 6.09. The minimum Gasteiger partial charge on any atom is -0.434 e. The fourth-order valence-corrected chi connectivity index (χ4v) is 0.757. The first-order valence-corrected chi connectivity index (χ1v) is 3.35. The summed E-state index contributed by atoms with van der Waals surface area (Å²) in [5.41, 5.74) is -0.460. The third-order valence-electron chi connectivity index (χ3n) is 1.24. The van der Waals surface area contributed by atoms with Gasteiger partial charge in [0.25, 0.3) is 6.43 Å². The SMILES string of the molecule is FC(F)Oc1[c]c(C(F)F)ccc1. The van der Waals surface area contributed by atoms with Crippen molar-refractivity contribution in [3.63, 3.8) is 0 Å². The molecule has 71 valence electrons. The van der Waals surface area contributed by atoms with Crippen LogP contribution < -0.4 is 4.74 Å². The number of benzene rings is 1. The molecule has 0 aliphatic rings. The average Bonchev–Trinajstić information content (AvgIpc) is 2.03. The molecular formula is C8H5F4O. The molecule has 0 spiro atoms. The minimum atomic E-state index is -3.02. The van der Waals surface area contributed by atoms with Gasteiger partial charge in [0.2, 0.25) is 0 Å². The molecule has 0 aromatic heterocycles. The van der Waals surface area contributed by atoms with Gasteiger partial charge in [0.1, 0.15) is 5.75 Å². The maximum atomic E-state index is 12.0. The Morgan fingerprint density at radius 2 is 1.85 bits per heavy atom. The van der Waals surface area contributed by atoms with Crippen molar-refractivity contribution in [1.29, 1.82) is 0 Å². The van der Waals surface area contributed by atoms with Gasteiger partial charge < -0.3 is 4.74 Å². The lowest BCUT2D eigenvalue weighted by atomic mass is 10.2. The standard InChI is InChI=1S/C8H5F4O/c9-7(10)5-2-1-3-6(4-5)13-8(11)12/h1-3,7-8H. The zero-order chi connectivity index (χ0) is 9.84. The molecular weight excluding hydrogens is 188 g/mol. The van der Waals surface area contributed by atoms with Crippen LogP contribution in [0, 0.1) is 6.07 Å². The van der Waals surface area contributed by atoms with Crippen molar-refractivity contribution in [3.05, 3.63) is 29.8 Å². The third-order valence-corrected chi connectivity index (χ3v) is 1.24. The average molecular weight is 193 g/mol. The van der Waals surface area contributed by atoms with Gasteiger partial charge in [-0.25, -0.2) is 8.78 Å². The van der Waals surface area contributed by atoms with Crippen molar-refractivity contribution in [2.75, 3.05) is 0 Å². The lowest BCUT2D eigenvalue weighted by Gasteiger charge is -2.04. The van der Waals surface area contributed by atoms with E-state index < -0.39 is 18.6 Å². The number of alkyl halides is 4. The highest BCUT2D eigenvalue weighted by molar-refractivity contribution is 5.27. The van der Waals surface area contributed by atoms with Crippen LogP contribution in [0.3, 0.4) is 0 Å². The van der Waals surface area contributed by atoms with E-state index in [-0.39, 0.29) is 5.75 Å². The van der Waals surface area contributed by atoms with Crippen LogP contribution in [0.15, 0.2) is 18.2 Å². The quantitative estimate of drug-likeness (QED) is 0.670. The first-order valence-electron chi connectivity index (χ1n) is 3.35. The molecule has 1 radical (unpaired) electrons. The molecule has 0 N–H and O–H groups in total. The summed E-state index contributed by atoms with van der Waals surface area (Å²) in [6.45, 7) is -3.02. The van der Waals surface area contributed by atoms with Crippen molar-refractivity contribution in [1.82, 2.24) is 0 Å². The monoisotopic (exact) mass is 193 g/mol. The maximum absolute atomic E-state index is 12.0. The fraction of sp³-hybridized carbons (Fsp3) is 0.250. The molecule has 1 rings (SSSR count). The number of hydrogen-bond acceptors (Lipinski definition) is 1. The summed E-state index contributed by atoms with van der Waals surface area (Å²) in [7, 11) is 0. The van der Waals surface area contributed by atoms with E-state index >= 15 is 0 Å². The zero-order valence-corrected chi connectivity index (χ0v) is 6.31. The van der Waals surface area contributed by atoms with Gasteiger partial charge in [0.15, 0.2) is 0 Å². The molecule has 1 nitrogen and oxygen atoms in total. The normalized spacial score (nSPS) is 10.9. The van der Waals surface area contributed by atoms with E-state index in [0.717, 1.165) is 12.1 Å². The summed E-state index contributed by atoms with van der Waals surface area (Å²) in [6.07, 6.45) is -2.73. The second-order valence-electron chi connectivity index (χ2n) is 2.15. The van der Waals surface area contributed by atoms with Crippen LogP contribution in [0.5, 0.6) is 5.75 Å². The van der Waals surface area contributed by atoms with Gasteiger partial charge in [-0.15, -0.1) is 0 Å². The summed E-state index contributed by atoms with van der Waals surface area (Å²) in [4.78, 5) is 0. The summed E-state index contributed by atoms with van der Waals surface area (Å²) in [6, 6.07) is 5.45. The Bertz CT molecular complexity index is 275. The van der Waals surface area contributed by atoms with Crippen molar-refractivity contribution in [3.8, 4) is 5.75 Å². The molecule has 0 saturated carbocycles.